The number of fused-ring (bicyclic) bond motifs is 1. The summed E-state index contributed by atoms with van der Waals surface area (Å²) in [6.07, 6.45) is 3.11. The third-order valence-corrected chi connectivity index (χ3v) is 4.94. The van der Waals surface area contributed by atoms with Crippen molar-refractivity contribution in [2.24, 2.45) is 0 Å². The molecular weight excluding hydrogens is 416 g/mol. The molecule has 0 saturated carbocycles. The largest absolute Gasteiger partial charge is 0.508 e. The van der Waals surface area contributed by atoms with Gasteiger partial charge >= 0.3 is 5.69 Å². The molecule has 32 heavy (non-hydrogen) atoms. The molecule has 3 rings (SSSR count). The van der Waals surface area contributed by atoms with Crippen LogP contribution in [0.5, 0.6) is 11.5 Å². The van der Waals surface area contributed by atoms with Gasteiger partial charge in [0, 0.05) is 30.9 Å². The van der Waals surface area contributed by atoms with E-state index in [1.807, 2.05) is 0 Å². The Kier molecular flexibility index (Phi) is 7.66. The Morgan fingerprint density at radius 2 is 1.84 bits per heavy atom. The van der Waals surface area contributed by atoms with Crippen molar-refractivity contribution in [3.8, 4) is 17.2 Å². The van der Waals surface area contributed by atoms with E-state index in [1.165, 1.54) is 12.1 Å². The monoisotopic (exact) mass is 442 g/mol. The van der Waals surface area contributed by atoms with Crippen molar-refractivity contribution >= 4 is 22.7 Å². The number of aromatic hydroxyl groups is 1. The number of nitrogens with zero attached hydrogens (tertiary/aromatic N) is 2. The van der Waals surface area contributed by atoms with Gasteiger partial charge in [0.05, 0.1) is 36.1 Å². The van der Waals surface area contributed by atoms with E-state index >= 15 is 0 Å². The molecule has 1 heterocycles. The third kappa shape index (κ3) is 4.67. The summed E-state index contributed by atoms with van der Waals surface area (Å²) in [5.41, 5.74) is 1.78. The van der Waals surface area contributed by atoms with Crippen LogP contribution in [-0.4, -0.2) is 58.2 Å². The second kappa shape index (κ2) is 10.6. The summed E-state index contributed by atoms with van der Waals surface area (Å²) in [5, 5.41) is 47.1. The van der Waals surface area contributed by atoms with Crippen molar-refractivity contribution in [3.63, 3.8) is 0 Å². The van der Waals surface area contributed by atoms with Gasteiger partial charge in [0.25, 0.3) is 0 Å². The van der Waals surface area contributed by atoms with Gasteiger partial charge in [0.2, 0.25) is 0 Å². The van der Waals surface area contributed by atoms with Gasteiger partial charge in [-0.05, 0) is 48.7 Å². The lowest BCUT2D eigenvalue weighted by Gasteiger charge is -2.13. The smallest absolute Gasteiger partial charge is 0.302 e. The van der Waals surface area contributed by atoms with Gasteiger partial charge in [-0.3, -0.25) is 10.1 Å². The number of methoxy groups -OCH3 is 1. The maximum absolute atomic E-state index is 12.1. The normalized spacial score (nSPS) is 11.3. The molecule has 0 saturated heterocycles. The minimum absolute atomic E-state index is 0.0148. The topological polar surface area (TPSA) is 142 Å². The standard InChI is InChI=1S/C22H26N4O6/c1-32-16-4-2-15(3-5-16)25-19(8-9-23-10-12-27)22(26(30)31)17-6-7-20(29)18(21(17)25)14-24-11-13-28/h2-9,23-24,27-29H,10-14H2,1H3. The number of phenolic OH excluding ortho intramolecular Hbond substituents is 1. The van der Waals surface area contributed by atoms with Gasteiger partial charge in [-0.15, -0.1) is 0 Å². The van der Waals surface area contributed by atoms with Crippen LogP contribution in [0.2, 0.25) is 0 Å². The lowest BCUT2D eigenvalue weighted by atomic mass is 10.1. The molecule has 0 aliphatic heterocycles. The number of nitro groups is 1. The highest BCUT2D eigenvalue weighted by Gasteiger charge is 2.28. The first-order chi connectivity index (χ1) is 15.5. The molecule has 0 amide bonds. The molecule has 0 atom stereocenters. The molecule has 0 aliphatic rings. The number of rotatable bonds is 11. The Morgan fingerprint density at radius 3 is 2.47 bits per heavy atom. The SMILES string of the molecule is COc1ccc(-n2c(C=CNCCO)c([N+](=O)[O-])c3ccc(O)c(CNCCO)c32)cc1. The Morgan fingerprint density at radius 1 is 1.12 bits per heavy atom. The van der Waals surface area contributed by atoms with Crippen molar-refractivity contribution in [2.45, 2.75) is 6.54 Å². The molecule has 0 aliphatic carbocycles. The third-order valence-electron chi connectivity index (χ3n) is 4.94. The molecule has 170 valence electrons. The second-order valence-electron chi connectivity index (χ2n) is 6.90. The molecule has 10 heteroatoms. The van der Waals surface area contributed by atoms with Crippen LogP contribution in [-0.2, 0) is 6.54 Å². The molecule has 3 aromatic rings. The maximum Gasteiger partial charge on any atom is 0.302 e. The first-order valence-electron chi connectivity index (χ1n) is 10.0. The number of hydrogen-bond donors (Lipinski definition) is 5. The number of ether oxygens (including phenoxy) is 1. The van der Waals surface area contributed by atoms with Crippen molar-refractivity contribution in [1.82, 2.24) is 15.2 Å². The Balaban J connectivity index is 2.33. The number of benzene rings is 2. The van der Waals surface area contributed by atoms with E-state index in [2.05, 4.69) is 10.6 Å². The fourth-order valence-corrected chi connectivity index (χ4v) is 3.53. The number of aliphatic hydroxyl groups excluding tert-OH is 2. The average Bonchev–Trinajstić information content (AvgIpc) is 3.12. The number of hydrogen-bond acceptors (Lipinski definition) is 8. The number of aliphatic hydroxyl groups is 2. The summed E-state index contributed by atoms with van der Waals surface area (Å²) in [5.74, 6) is 0.619. The van der Waals surface area contributed by atoms with Crippen LogP contribution in [0.15, 0.2) is 42.6 Å². The van der Waals surface area contributed by atoms with Crippen LogP contribution >= 0.6 is 0 Å². The minimum Gasteiger partial charge on any atom is -0.508 e. The highest BCUT2D eigenvalue weighted by molar-refractivity contribution is 5.99. The summed E-state index contributed by atoms with van der Waals surface area (Å²) in [6, 6.07) is 10.00. The predicted octanol–water partition coefficient (Wildman–Crippen LogP) is 1.89. The zero-order valence-electron chi connectivity index (χ0n) is 17.6. The second-order valence-corrected chi connectivity index (χ2v) is 6.90. The van der Waals surface area contributed by atoms with E-state index in [0.29, 0.717) is 46.7 Å². The Bertz CT molecular complexity index is 1110. The van der Waals surface area contributed by atoms with Gasteiger partial charge < -0.3 is 35.3 Å². The van der Waals surface area contributed by atoms with Gasteiger partial charge in [-0.1, -0.05) is 0 Å². The first kappa shape index (κ1) is 23.1. The number of nitrogens with one attached hydrogen (secondary N) is 2. The van der Waals surface area contributed by atoms with Gasteiger partial charge in [0.1, 0.15) is 17.2 Å². The minimum atomic E-state index is -0.448. The Hall–Kier alpha value is -3.60. The Labute approximate surface area is 184 Å². The molecule has 10 nitrogen and oxygen atoms in total. The predicted molar refractivity (Wildman–Crippen MR) is 121 cm³/mol. The highest BCUT2D eigenvalue weighted by Crippen LogP contribution is 2.40. The summed E-state index contributed by atoms with van der Waals surface area (Å²) in [4.78, 5) is 11.6. The van der Waals surface area contributed by atoms with Crippen LogP contribution in [0.4, 0.5) is 5.69 Å². The summed E-state index contributed by atoms with van der Waals surface area (Å²) < 4.78 is 6.94. The number of phenols is 1. The molecule has 0 radical (unpaired) electrons. The lowest BCUT2D eigenvalue weighted by Crippen LogP contribution is -2.18. The van der Waals surface area contributed by atoms with Gasteiger partial charge in [0.15, 0.2) is 0 Å². The van der Waals surface area contributed by atoms with E-state index in [9.17, 15) is 15.2 Å². The van der Waals surface area contributed by atoms with Crippen LogP contribution in [0.1, 0.15) is 11.3 Å². The fourth-order valence-electron chi connectivity index (χ4n) is 3.53. The van der Waals surface area contributed by atoms with Crippen molar-refractivity contribution in [2.75, 3.05) is 33.4 Å². The molecule has 0 unspecified atom stereocenters. The van der Waals surface area contributed by atoms with Gasteiger partial charge in [-0.25, -0.2) is 0 Å². The molecular formula is C22H26N4O6. The molecule has 5 N–H and O–H groups in total. The summed E-state index contributed by atoms with van der Waals surface area (Å²) in [7, 11) is 1.55. The zero-order chi connectivity index (χ0) is 23.1. The maximum atomic E-state index is 12.1. The molecule has 1 aromatic heterocycles. The van der Waals surface area contributed by atoms with Crippen LogP contribution in [0, 0.1) is 10.1 Å². The molecule has 0 bridgehead atoms. The molecule has 2 aromatic carbocycles. The van der Waals surface area contributed by atoms with Crippen LogP contribution in [0.25, 0.3) is 22.7 Å². The van der Waals surface area contributed by atoms with E-state index < -0.39 is 4.92 Å². The first-order valence-corrected chi connectivity index (χ1v) is 10.0. The van der Waals surface area contributed by atoms with E-state index in [-0.39, 0.29) is 31.2 Å². The lowest BCUT2D eigenvalue weighted by molar-refractivity contribution is -0.383. The average molecular weight is 442 g/mol. The molecule has 0 spiro atoms. The number of aromatic nitrogens is 1. The highest BCUT2D eigenvalue weighted by atomic mass is 16.6. The summed E-state index contributed by atoms with van der Waals surface area (Å²) in [6.45, 7) is 0.638. The summed E-state index contributed by atoms with van der Waals surface area (Å²) >= 11 is 0. The van der Waals surface area contributed by atoms with E-state index in [4.69, 9.17) is 14.9 Å². The van der Waals surface area contributed by atoms with Crippen LogP contribution < -0.4 is 15.4 Å². The van der Waals surface area contributed by atoms with Crippen LogP contribution in [0.3, 0.4) is 0 Å². The van der Waals surface area contributed by atoms with Crippen molar-refractivity contribution < 1.29 is 25.0 Å². The van der Waals surface area contributed by atoms with E-state index in [0.717, 1.165) is 0 Å². The van der Waals surface area contributed by atoms with Gasteiger partial charge in [-0.2, -0.15) is 0 Å². The van der Waals surface area contributed by atoms with Crippen molar-refractivity contribution in [3.05, 3.63) is 64.0 Å². The van der Waals surface area contributed by atoms with E-state index in [1.54, 1.807) is 48.2 Å². The molecule has 0 fully saturated rings. The fraction of sp³-hybridized carbons (Fsp3) is 0.273. The zero-order valence-corrected chi connectivity index (χ0v) is 17.6. The quantitative estimate of drug-likeness (QED) is 0.172. The van der Waals surface area contributed by atoms with Crippen molar-refractivity contribution in [1.29, 1.82) is 0 Å².